The fourth-order valence-electron chi connectivity index (χ4n) is 3.00. The van der Waals surface area contributed by atoms with Gasteiger partial charge in [-0.05, 0) is 43.0 Å². The molecule has 1 heterocycles. The van der Waals surface area contributed by atoms with E-state index in [1.165, 1.54) is 9.87 Å². The fraction of sp³-hybridized carbons (Fsp3) is 0.300. The Balaban J connectivity index is 2.02. The lowest BCUT2D eigenvalue weighted by Gasteiger charge is -2.22. The van der Waals surface area contributed by atoms with E-state index < -0.39 is 10.0 Å². The van der Waals surface area contributed by atoms with Crippen LogP contribution >= 0.6 is 11.6 Å². The van der Waals surface area contributed by atoms with Crippen LogP contribution in [0, 0.1) is 6.92 Å². The lowest BCUT2D eigenvalue weighted by molar-refractivity contribution is 0.437. The molecule has 0 radical (unpaired) electrons. The normalized spacial score (nSPS) is 18.4. The van der Waals surface area contributed by atoms with Crippen LogP contribution in [0.2, 0.25) is 0 Å². The number of fused-ring (bicyclic) bond motifs is 1. The van der Waals surface area contributed by atoms with Crippen molar-refractivity contribution in [1.29, 1.82) is 0 Å². The fourth-order valence-corrected chi connectivity index (χ4v) is 4.60. The van der Waals surface area contributed by atoms with Gasteiger partial charge < -0.3 is 0 Å². The van der Waals surface area contributed by atoms with Crippen molar-refractivity contribution in [2.45, 2.75) is 31.2 Å². The minimum Gasteiger partial charge on any atom is -0.207 e. The first-order valence-corrected chi connectivity index (χ1v) is 10.4. The van der Waals surface area contributed by atoms with Crippen LogP contribution in [0.15, 0.2) is 65.1 Å². The summed E-state index contributed by atoms with van der Waals surface area (Å²) in [5.41, 5.74) is 4.37. The molecule has 3 rings (SSSR count). The van der Waals surface area contributed by atoms with Crippen molar-refractivity contribution in [1.82, 2.24) is 4.31 Å². The van der Waals surface area contributed by atoms with Crippen molar-refractivity contribution in [3.8, 4) is 0 Å². The molecule has 5 heteroatoms. The molecule has 0 saturated carbocycles. The molecule has 1 aliphatic rings. The van der Waals surface area contributed by atoms with Gasteiger partial charge in [-0.3, -0.25) is 0 Å². The van der Waals surface area contributed by atoms with Crippen LogP contribution in [0.3, 0.4) is 0 Å². The highest BCUT2D eigenvalue weighted by molar-refractivity contribution is 7.89. The summed E-state index contributed by atoms with van der Waals surface area (Å²) >= 11 is 6.05. The molecule has 2 aromatic rings. The van der Waals surface area contributed by atoms with Gasteiger partial charge in [0, 0.05) is 19.0 Å². The van der Waals surface area contributed by atoms with Crippen molar-refractivity contribution in [3.63, 3.8) is 0 Å². The molecular formula is C20H22ClNO2S. The van der Waals surface area contributed by atoms with Crippen LogP contribution in [0.5, 0.6) is 0 Å². The number of allylic oxidation sites excluding steroid dienone is 1. The number of hydrogen-bond acceptors (Lipinski definition) is 2. The van der Waals surface area contributed by atoms with E-state index in [1.807, 2.05) is 43.3 Å². The number of sulfonamides is 1. The Bertz CT molecular complexity index is 873. The van der Waals surface area contributed by atoms with Crippen LogP contribution in [0.1, 0.15) is 23.1 Å². The summed E-state index contributed by atoms with van der Waals surface area (Å²) in [6.07, 6.45) is 3.71. The van der Waals surface area contributed by atoms with Crippen LogP contribution in [0.25, 0.3) is 0 Å². The largest absolute Gasteiger partial charge is 0.243 e. The number of alkyl halides is 1. The summed E-state index contributed by atoms with van der Waals surface area (Å²) in [6, 6.07) is 15.1. The minimum atomic E-state index is -3.56. The molecule has 0 bridgehead atoms. The SMILES string of the molecule is Cc1ccc(S(=O)(=O)N2C/C=C(/CCl)CCc3ccccc3C2)cc1. The summed E-state index contributed by atoms with van der Waals surface area (Å²) in [4.78, 5) is 0.329. The second-order valence-corrected chi connectivity index (χ2v) is 8.58. The standard InChI is InChI=1S/C20H22ClNO2S/c1-16-6-10-20(11-7-16)25(23,24)22-13-12-17(14-21)8-9-18-4-2-3-5-19(18)15-22/h2-7,10-12H,8-9,13-15H2,1H3/b17-12+. The van der Waals surface area contributed by atoms with E-state index in [4.69, 9.17) is 11.6 Å². The van der Waals surface area contributed by atoms with Gasteiger partial charge in [-0.15, -0.1) is 11.6 Å². The highest BCUT2D eigenvalue weighted by Crippen LogP contribution is 2.24. The molecule has 0 fully saturated rings. The van der Waals surface area contributed by atoms with Crippen molar-refractivity contribution >= 4 is 21.6 Å². The maximum absolute atomic E-state index is 13.1. The maximum Gasteiger partial charge on any atom is 0.243 e. The number of aryl methyl sites for hydroxylation is 2. The zero-order valence-electron chi connectivity index (χ0n) is 14.3. The lowest BCUT2D eigenvalue weighted by Crippen LogP contribution is -2.31. The third-order valence-electron chi connectivity index (χ3n) is 4.59. The Kier molecular flexibility index (Phi) is 5.62. The Labute approximate surface area is 155 Å². The minimum absolute atomic E-state index is 0.329. The van der Waals surface area contributed by atoms with Crippen LogP contribution in [-0.2, 0) is 23.0 Å². The predicted octanol–water partition coefficient (Wildman–Crippen LogP) is 4.30. The maximum atomic E-state index is 13.1. The highest BCUT2D eigenvalue weighted by Gasteiger charge is 2.25. The molecule has 0 aliphatic carbocycles. The number of rotatable bonds is 3. The van der Waals surface area contributed by atoms with Gasteiger partial charge in [0.25, 0.3) is 0 Å². The molecule has 0 saturated heterocycles. The van der Waals surface area contributed by atoms with Gasteiger partial charge >= 0.3 is 0 Å². The molecule has 0 aromatic heterocycles. The summed E-state index contributed by atoms with van der Waals surface area (Å²) in [7, 11) is -3.56. The molecule has 132 valence electrons. The second kappa shape index (κ2) is 7.73. The van der Waals surface area contributed by atoms with Crippen molar-refractivity contribution in [2.75, 3.05) is 12.4 Å². The monoisotopic (exact) mass is 375 g/mol. The first kappa shape index (κ1) is 18.2. The van der Waals surface area contributed by atoms with Crippen LogP contribution in [0.4, 0.5) is 0 Å². The van der Waals surface area contributed by atoms with Gasteiger partial charge in [0.05, 0.1) is 4.90 Å². The van der Waals surface area contributed by atoms with Gasteiger partial charge in [0.15, 0.2) is 0 Å². The van der Waals surface area contributed by atoms with E-state index in [0.29, 0.717) is 23.9 Å². The van der Waals surface area contributed by atoms with Crippen LogP contribution < -0.4 is 0 Å². The van der Waals surface area contributed by atoms with Crippen molar-refractivity contribution in [2.24, 2.45) is 0 Å². The molecule has 0 N–H and O–H groups in total. The summed E-state index contributed by atoms with van der Waals surface area (Å²) < 4.78 is 27.8. The molecule has 3 nitrogen and oxygen atoms in total. The molecule has 0 unspecified atom stereocenters. The molecular weight excluding hydrogens is 354 g/mol. The third kappa shape index (κ3) is 4.14. The molecule has 2 aromatic carbocycles. The zero-order chi connectivity index (χ0) is 17.9. The van der Waals surface area contributed by atoms with Gasteiger partial charge in [-0.2, -0.15) is 4.31 Å². The van der Waals surface area contributed by atoms with Crippen LogP contribution in [-0.4, -0.2) is 25.1 Å². The van der Waals surface area contributed by atoms with E-state index in [-0.39, 0.29) is 0 Å². The number of halogens is 1. The molecule has 0 atom stereocenters. The van der Waals surface area contributed by atoms with Gasteiger partial charge in [0.1, 0.15) is 0 Å². The Morgan fingerprint density at radius 2 is 1.68 bits per heavy atom. The predicted molar refractivity (Wildman–Crippen MR) is 102 cm³/mol. The average Bonchev–Trinajstić information content (AvgIpc) is 2.70. The van der Waals surface area contributed by atoms with Crippen molar-refractivity contribution < 1.29 is 8.42 Å². The average molecular weight is 376 g/mol. The quantitative estimate of drug-likeness (QED) is 0.592. The highest BCUT2D eigenvalue weighted by atomic mass is 35.5. The summed E-state index contributed by atoms with van der Waals surface area (Å²) in [5.74, 6) is 0.431. The van der Waals surface area contributed by atoms with E-state index in [0.717, 1.165) is 29.5 Å². The van der Waals surface area contributed by atoms with E-state index in [2.05, 4.69) is 6.07 Å². The zero-order valence-corrected chi connectivity index (χ0v) is 15.9. The van der Waals surface area contributed by atoms with Gasteiger partial charge in [0.2, 0.25) is 10.0 Å². The van der Waals surface area contributed by atoms with E-state index in [1.54, 1.807) is 12.1 Å². The Morgan fingerprint density at radius 3 is 2.36 bits per heavy atom. The Hall–Kier alpha value is -1.62. The third-order valence-corrected chi connectivity index (χ3v) is 6.76. The van der Waals surface area contributed by atoms with Gasteiger partial charge in [-0.25, -0.2) is 8.42 Å². The smallest absolute Gasteiger partial charge is 0.207 e. The number of nitrogens with zero attached hydrogens (tertiary/aromatic N) is 1. The summed E-state index contributed by atoms with van der Waals surface area (Å²) in [6.45, 7) is 2.66. The molecule has 25 heavy (non-hydrogen) atoms. The molecule has 0 amide bonds. The molecule has 0 spiro atoms. The van der Waals surface area contributed by atoms with Crippen molar-refractivity contribution in [3.05, 3.63) is 76.9 Å². The van der Waals surface area contributed by atoms with E-state index >= 15 is 0 Å². The summed E-state index contributed by atoms with van der Waals surface area (Å²) in [5, 5.41) is 0. The first-order valence-electron chi connectivity index (χ1n) is 8.38. The molecule has 1 aliphatic heterocycles. The number of hydrogen-bond donors (Lipinski definition) is 0. The first-order chi connectivity index (χ1) is 12.0. The van der Waals surface area contributed by atoms with E-state index in [9.17, 15) is 8.42 Å². The topological polar surface area (TPSA) is 37.4 Å². The Morgan fingerprint density at radius 1 is 1.00 bits per heavy atom. The lowest BCUT2D eigenvalue weighted by atomic mass is 10.0. The van der Waals surface area contributed by atoms with Gasteiger partial charge in [-0.1, -0.05) is 53.6 Å². The number of benzene rings is 2. The second-order valence-electron chi connectivity index (χ2n) is 6.38.